The van der Waals surface area contributed by atoms with Crippen LogP contribution >= 0.6 is 11.8 Å². The van der Waals surface area contributed by atoms with Gasteiger partial charge in [0.05, 0.1) is 11.4 Å². The van der Waals surface area contributed by atoms with Crippen molar-refractivity contribution in [3.8, 4) is 5.69 Å². The molecule has 0 saturated carbocycles. The van der Waals surface area contributed by atoms with Gasteiger partial charge in [0.15, 0.2) is 0 Å². The fraction of sp³-hybridized carbons (Fsp3) is 0.273. The van der Waals surface area contributed by atoms with Crippen LogP contribution < -0.4 is 10.7 Å². The number of urea groups is 1. The van der Waals surface area contributed by atoms with E-state index in [4.69, 9.17) is 0 Å². The number of carbonyl (C=O) groups is 3. The molecule has 1 aliphatic rings. The Bertz CT molecular complexity index is 1170. The van der Waals surface area contributed by atoms with E-state index < -0.39 is 23.4 Å². The summed E-state index contributed by atoms with van der Waals surface area (Å²) in [5, 5.41) is 15.4. The molecule has 3 aromatic rings. The number of thioether (sulfide) groups is 1. The fourth-order valence-corrected chi connectivity index (χ4v) is 4.08. The van der Waals surface area contributed by atoms with Gasteiger partial charge in [0.2, 0.25) is 11.1 Å². The van der Waals surface area contributed by atoms with E-state index in [2.05, 4.69) is 26.3 Å². The molecule has 4 amide bonds. The van der Waals surface area contributed by atoms with Crippen LogP contribution in [0, 0.1) is 6.92 Å². The molecule has 1 aromatic heterocycles. The van der Waals surface area contributed by atoms with Gasteiger partial charge >= 0.3 is 6.03 Å². The highest BCUT2D eigenvalue weighted by Gasteiger charge is 2.48. The Balaban J connectivity index is 1.34. The van der Waals surface area contributed by atoms with Crippen LogP contribution in [0.1, 0.15) is 24.5 Å². The summed E-state index contributed by atoms with van der Waals surface area (Å²) in [6, 6.07) is 16.7. The van der Waals surface area contributed by atoms with Crippen LogP contribution in [0.5, 0.6) is 0 Å². The van der Waals surface area contributed by atoms with E-state index in [0.717, 1.165) is 33.6 Å². The number of benzene rings is 2. The first-order chi connectivity index (χ1) is 15.9. The van der Waals surface area contributed by atoms with Gasteiger partial charge in [0.1, 0.15) is 5.54 Å². The summed E-state index contributed by atoms with van der Waals surface area (Å²) < 4.78 is 1.52. The molecule has 4 rings (SSSR count). The number of hydrogen-bond donors (Lipinski definition) is 2. The lowest BCUT2D eigenvalue weighted by Gasteiger charge is -2.21. The van der Waals surface area contributed by atoms with Crippen LogP contribution in [0.15, 0.2) is 59.8 Å². The van der Waals surface area contributed by atoms with E-state index in [1.807, 2.05) is 61.5 Å². The Labute approximate surface area is 194 Å². The number of imide groups is 1. The molecule has 170 valence electrons. The van der Waals surface area contributed by atoms with E-state index in [-0.39, 0.29) is 5.75 Å². The maximum Gasteiger partial charge on any atom is 0.344 e. The highest BCUT2D eigenvalue weighted by molar-refractivity contribution is 7.99. The number of amides is 4. The number of hydrazine groups is 1. The van der Waals surface area contributed by atoms with Gasteiger partial charge in [-0.15, -0.1) is 5.10 Å². The van der Waals surface area contributed by atoms with E-state index >= 15 is 0 Å². The first kappa shape index (κ1) is 22.5. The second-order valence-corrected chi connectivity index (χ2v) is 8.86. The summed E-state index contributed by atoms with van der Waals surface area (Å²) in [6.45, 7) is 3.64. The van der Waals surface area contributed by atoms with Gasteiger partial charge in [0.25, 0.3) is 5.91 Å². The number of hydrogen-bond acceptors (Lipinski definition) is 7. The Morgan fingerprint density at radius 1 is 1.12 bits per heavy atom. The molecule has 11 heteroatoms. The summed E-state index contributed by atoms with van der Waals surface area (Å²) in [6.07, 6.45) is 1.02. The van der Waals surface area contributed by atoms with Gasteiger partial charge in [-0.25, -0.2) is 4.79 Å². The zero-order valence-corrected chi connectivity index (χ0v) is 19.0. The van der Waals surface area contributed by atoms with Crippen molar-refractivity contribution in [3.63, 3.8) is 0 Å². The molecule has 1 atom stereocenters. The summed E-state index contributed by atoms with van der Waals surface area (Å²) in [7, 11) is 0. The van der Waals surface area contributed by atoms with Gasteiger partial charge in [-0.2, -0.15) is 9.69 Å². The maximum atomic E-state index is 12.9. The number of rotatable bonds is 8. The first-order valence-corrected chi connectivity index (χ1v) is 11.3. The van der Waals surface area contributed by atoms with Crippen molar-refractivity contribution in [2.75, 3.05) is 5.75 Å². The van der Waals surface area contributed by atoms with Crippen LogP contribution in [0.4, 0.5) is 4.79 Å². The van der Waals surface area contributed by atoms with E-state index in [0.29, 0.717) is 18.0 Å². The minimum atomic E-state index is -1.09. The van der Waals surface area contributed by atoms with Crippen molar-refractivity contribution in [1.29, 1.82) is 0 Å². The summed E-state index contributed by atoms with van der Waals surface area (Å²) in [5.74, 6) is -1.09. The topological polar surface area (TPSA) is 122 Å². The smallest absolute Gasteiger partial charge is 0.322 e. The highest BCUT2D eigenvalue weighted by Crippen LogP contribution is 2.23. The first-order valence-electron chi connectivity index (χ1n) is 10.3. The summed E-state index contributed by atoms with van der Waals surface area (Å²) in [5.41, 5.74) is 4.22. The molecule has 0 radical (unpaired) electrons. The van der Waals surface area contributed by atoms with Crippen molar-refractivity contribution in [1.82, 2.24) is 36.0 Å². The zero-order chi connectivity index (χ0) is 23.4. The highest BCUT2D eigenvalue weighted by atomic mass is 32.2. The third kappa shape index (κ3) is 5.03. The third-order valence-electron chi connectivity index (χ3n) is 5.31. The predicted octanol–water partition coefficient (Wildman–Crippen LogP) is 2.04. The molecule has 0 unspecified atom stereocenters. The minimum Gasteiger partial charge on any atom is -0.322 e. The largest absolute Gasteiger partial charge is 0.344 e. The fourth-order valence-electron chi connectivity index (χ4n) is 3.40. The van der Waals surface area contributed by atoms with Gasteiger partial charge in [-0.1, -0.05) is 59.8 Å². The normalized spacial score (nSPS) is 17.8. The quantitative estimate of drug-likeness (QED) is 0.386. The Hall–Kier alpha value is -3.73. The molecule has 2 heterocycles. The van der Waals surface area contributed by atoms with Crippen LogP contribution in [0.25, 0.3) is 5.69 Å². The molecule has 1 aliphatic heterocycles. The van der Waals surface area contributed by atoms with Crippen LogP contribution in [-0.4, -0.2) is 54.4 Å². The van der Waals surface area contributed by atoms with Crippen LogP contribution in [-0.2, 0) is 16.0 Å². The second kappa shape index (κ2) is 9.41. The van der Waals surface area contributed by atoms with E-state index in [1.54, 1.807) is 6.92 Å². The van der Waals surface area contributed by atoms with Gasteiger partial charge < -0.3 is 5.32 Å². The van der Waals surface area contributed by atoms with Gasteiger partial charge in [-0.05, 0) is 54.8 Å². The molecule has 1 saturated heterocycles. The average molecular weight is 466 g/mol. The van der Waals surface area contributed by atoms with Crippen LogP contribution in [0.2, 0.25) is 0 Å². The molecule has 0 bridgehead atoms. The molecule has 0 spiro atoms. The standard InChI is InChI=1S/C22H23N7O3S/c1-15-8-10-17(11-9-15)28-21(24-26-27-28)33-14-18(30)25-29-19(31)22(2,23-20(29)32)13-12-16-6-4-3-5-7-16/h3-11H,12-14H2,1-2H3,(H,23,32)(H,25,30)/t22-/m1/s1. The van der Waals surface area contributed by atoms with E-state index in [9.17, 15) is 14.4 Å². The SMILES string of the molecule is Cc1ccc(-n2nnnc2SCC(=O)NN2C(=O)N[C@](C)(CCc3ccccc3)C2=O)cc1. The summed E-state index contributed by atoms with van der Waals surface area (Å²) >= 11 is 1.10. The summed E-state index contributed by atoms with van der Waals surface area (Å²) in [4.78, 5) is 37.7. The lowest BCUT2D eigenvalue weighted by Crippen LogP contribution is -2.49. The van der Waals surface area contributed by atoms with Crippen LogP contribution in [0.3, 0.4) is 0 Å². The molecule has 1 fully saturated rings. The van der Waals surface area contributed by atoms with Crippen molar-refractivity contribution in [2.45, 2.75) is 37.4 Å². The maximum absolute atomic E-state index is 12.9. The van der Waals surface area contributed by atoms with Gasteiger partial charge in [0, 0.05) is 0 Å². The average Bonchev–Trinajstić information content (AvgIpc) is 3.36. The van der Waals surface area contributed by atoms with Crippen molar-refractivity contribution in [3.05, 3.63) is 65.7 Å². The molecular formula is C22H23N7O3S. The molecule has 2 N–H and O–H groups in total. The number of aryl methyl sites for hydroxylation is 2. The lowest BCUT2D eigenvalue weighted by molar-refractivity contribution is -0.138. The predicted molar refractivity (Wildman–Crippen MR) is 121 cm³/mol. The molecule has 0 aliphatic carbocycles. The number of nitrogens with one attached hydrogen (secondary N) is 2. The van der Waals surface area contributed by atoms with Crippen molar-refractivity contribution >= 4 is 29.6 Å². The van der Waals surface area contributed by atoms with E-state index in [1.165, 1.54) is 4.68 Å². The molecular weight excluding hydrogens is 442 g/mol. The monoisotopic (exact) mass is 465 g/mol. The van der Waals surface area contributed by atoms with Crippen molar-refractivity contribution in [2.24, 2.45) is 0 Å². The van der Waals surface area contributed by atoms with Gasteiger partial charge in [-0.3, -0.25) is 15.0 Å². The number of nitrogens with zero attached hydrogens (tertiary/aromatic N) is 5. The Morgan fingerprint density at radius 2 is 1.85 bits per heavy atom. The molecule has 33 heavy (non-hydrogen) atoms. The molecule has 2 aromatic carbocycles. The Morgan fingerprint density at radius 3 is 2.58 bits per heavy atom. The lowest BCUT2D eigenvalue weighted by atomic mass is 9.93. The number of tetrazole rings is 1. The minimum absolute atomic E-state index is 0.0793. The number of aromatic nitrogens is 4. The third-order valence-corrected chi connectivity index (χ3v) is 6.23. The number of carbonyl (C=O) groups excluding carboxylic acids is 3. The zero-order valence-electron chi connectivity index (χ0n) is 18.2. The second-order valence-electron chi connectivity index (χ2n) is 7.92. The Kier molecular flexibility index (Phi) is 6.40. The molecule has 10 nitrogen and oxygen atoms in total. The van der Waals surface area contributed by atoms with Crippen molar-refractivity contribution < 1.29 is 14.4 Å².